The molecular formula is C43H37ClF9N7O5S2. The summed E-state index contributed by atoms with van der Waals surface area (Å²) in [5.41, 5.74) is -4.13. The molecule has 4 aliphatic carbocycles. The van der Waals surface area contributed by atoms with Crippen molar-refractivity contribution in [2.45, 2.75) is 111 Å². The second-order valence-corrected chi connectivity index (χ2v) is 22.8. The van der Waals surface area contributed by atoms with Gasteiger partial charge in [0.2, 0.25) is 15.9 Å². The summed E-state index contributed by atoms with van der Waals surface area (Å²) in [4.78, 5) is 18.8. The molecule has 0 aliphatic heterocycles. The summed E-state index contributed by atoms with van der Waals surface area (Å²) in [6.07, 6.45) is -7.47. The monoisotopic (exact) mass is 1000 g/mol. The Kier molecular flexibility index (Phi) is 11.3. The molecule has 2 aromatic carbocycles. The lowest BCUT2D eigenvalue weighted by atomic mass is 9.93. The van der Waals surface area contributed by atoms with E-state index >= 15 is 8.78 Å². The van der Waals surface area contributed by atoms with Crippen LogP contribution in [0.2, 0.25) is 5.02 Å². The largest absolute Gasteiger partial charge is 0.435 e. The maximum absolute atomic E-state index is 15.5. The lowest BCUT2D eigenvalue weighted by molar-refractivity contribution is -0.142. The summed E-state index contributed by atoms with van der Waals surface area (Å²) < 4.78 is 186. The van der Waals surface area contributed by atoms with Crippen molar-refractivity contribution in [3.05, 3.63) is 93.0 Å². The number of carbonyl (C=O) groups excluding carboxylic acids is 1. The maximum Gasteiger partial charge on any atom is 0.435 e. The molecule has 24 heteroatoms. The molecule has 0 spiro atoms. The van der Waals surface area contributed by atoms with Crippen molar-refractivity contribution in [2.24, 2.45) is 5.92 Å². The molecule has 4 aliphatic rings. The van der Waals surface area contributed by atoms with Crippen LogP contribution < -0.4 is 10.0 Å². The van der Waals surface area contributed by atoms with Gasteiger partial charge >= 0.3 is 6.18 Å². The van der Waals surface area contributed by atoms with Crippen molar-refractivity contribution in [1.29, 1.82) is 0 Å². The van der Waals surface area contributed by atoms with Gasteiger partial charge in [-0.1, -0.05) is 23.6 Å². The summed E-state index contributed by atoms with van der Waals surface area (Å²) >= 11 is 6.64. The fraction of sp³-hybridized carbons (Fsp3) is 0.442. The predicted octanol–water partition coefficient (Wildman–Crippen LogP) is 8.43. The number of benzene rings is 2. The van der Waals surface area contributed by atoms with E-state index in [-0.39, 0.29) is 55.1 Å². The van der Waals surface area contributed by atoms with Crippen LogP contribution in [0.1, 0.15) is 91.8 Å². The molecule has 9 rings (SSSR count). The van der Waals surface area contributed by atoms with Crippen LogP contribution in [0.25, 0.3) is 22.0 Å². The van der Waals surface area contributed by atoms with Gasteiger partial charge in [-0.05, 0) is 100 Å². The van der Waals surface area contributed by atoms with Gasteiger partial charge in [0.25, 0.3) is 12.3 Å². The van der Waals surface area contributed by atoms with Crippen molar-refractivity contribution >= 4 is 54.1 Å². The Morgan fingerprint density at radius 2 is 1.60 bits per heavy atom. The normalized spacial score (nSPS) is 19.5. The molecule has 1 amide bonds. The Bertz CT molecular complexity index is 3160. The van der Waals surface area contributed by atoms with Crippen molar-refractivity contribution < 1.29 is 61.1 Å². The van der Waals surface area contributed by atoms with Gasteiger partial charge in [0, 0.05) is 28.7 Å². The second kappa shape index (κ2) is 16.1. The molecule has 3 heterocycles. The molecule has 3 fully saturated rings. The summed E-state index contributed by atoms with van der Waals surface area (Å²) in [7, 11) is -7.84. The highest BCUT2D eigenvalue weighted by atomic mass is 35.5. The van der Waals surface area contributed by atoms with Crippen LogP contribution >= 0.6 is 11.6 Å². The van der Waals surface area contributed by atoms with Gasteiger partial charge < -0.3 is 5.32 Å². The number of rotatable bonds is 14. The zero-order valence-corrected chi connectivity index (χ0v) is 37.4. The Morgan fingerprint density at radius 3 is 2.22 bits per heavy atom. The Morgan fingerprint density at radius 1 is 0.940 bits per heavy atom. The van der Waals surface area contributed by atoms with Gasteiger partial charge in [-0.15, -0.1) is 0 Å². The minimum Gasteiger partial charge on any atom is -0.346 e. The van der Waals surface area contributed by atoms with Crippen LogP contribution in [0.3, 0.4) is 0 Å². The fourth-order valence-corrected chi connectivity index (χ4v) is 12.1. The van der Waals surface area contributed by atoms with E-state index in [1.807, 2.05) is 0 Å². The molecule has 3 saturated carbocycles. The van der Waals surface area contributed by atoms with Crippen molar-refractivity contribution in [3.63, 3.8) is 0 Å². The van der Waals surface area contributed by atoms with Crippen LogP contribution in [0.5, 0.6) is 0 Å². The molecule has 2 N–H and O–H groups in total. The number of fused-ring (bicyclic) bond motifs is 4. The molecule has 356 valence electrons. The fourth-order valence-electron chi connectivity index (χ4n) is 8.70. The van der Waals surface area contributed by atoms with E-state index in [4.69, 9.17) is 11.6 Å². The zero-order valence-electron chi connectivity index (χ0n) is 35.0. The number of hydrogen-bond acceptors (Lipinski definition) is 8. The Labute approximate surface area is 381 Å². The van der Waals surface area contributed by atoms with Gasteiger partial charge in [0.15, 0.2) is 21.3 Å². The van der Waals surface area contributed by atoms with E-state index in [0.29, 0.717) is 31.7 Å². The molecular weight excluding hydrogens is 965 g/mol. The number of sulfonamides is 1. The molecule has 0 saturated heterocycles. The summed E-state index contributed by atoms with van der Waals surface area (Å²) in [6.45, 7) is 0.462. The first-order valence-electron chi connectivity index (χ1n) is 20.8. The van der Waals surface area contributed by atoms with Crippen molar-refractivity contribution in [1.82, 2.24) is 29.9 Å². The highest BCUT2D eigenvalue weighted by molar-refractivity contribution is 7.94. The molecule has 12 nitrogen and oxygen atoms in total. The number of halogens is 10. The third-order valence-electron chi connectivity index (χ3n) is 12.3. The average molecular weight is 1000 g/mol. The molecule has 0 radical (unpaired) electrons. The average Bonchev–Trinajstić information content (AvgIpc) is 4.11. The van der Waals surface area contributed by atoms with E-state index in [9.17, 15) is 52.4 Å². The van der Waals surface area contributed by atoms with Crippen LogP contribution in [0, 0.1) is 29.4 Å². The Hall–Kier alpha value is -5.34. The highest BCUT2D eigenvalue weighted by Gasteiger charge is 2.68. The topological polar surface area (TPSA) is 158 Å². The first-order chi connectivity index (χ1) is 31.3. The third-order valence-corrected chi connectivity index (χ3v) is 17.3. The number of nitrogens with one attached hydrogen (secondary N) is 2. The molecule has 3 aromatic heterocycles. The standard InChI is InChI=1S/C43H37ClF9N7O5S2/c1-41(2,66(62,63)24-4-5-24)12-11-23-3-8-26(27-9-10-30(44)35-37(27)59(18-32(47)48)57-40(35)58-67(64,65)25-6-7-25)36(54-23)31(15-20-13-21(45)16-22(46)14-20)55-33(61)19-60-39-34(38(56-60)43(51,52)53)28-17-29(28)42(39,49)50/h3,8-10,13-14,16,24-25,28-29,31-32H,4-7,15,17-19H2,1-2H3,(H,55,61)(H,57,58)/t28-,29?,31-/m0/s1. The van der Waals surface area contributed by atoms with Gasteiger partial charge in [-0.2, -0.15) is 32.1 Å². The molecule has 5 aromatic rings. The Balaban J connectivity index is 1.22. The van der Waals surface area contributed by atoms with Crippen LogP contribution in [-0.2, 0) is 56.3 Å². The summed E-state index contributed by atoms with van der Waals surface area (Å²) in [5.74, 6) is -4.63. The summed E-state index contributed by atoms with van der Waals surface area (Å²) in [5, 5.41) is 8.46. The lowest BCUT2D eigenvalue weighted by Crippen LogP contribution is -2.35. The van der Waals surface area contributed by atoms with Gasteiger partial charge in [-0.25, -0.2) is 39.4 Å². The number of sulfone groups is 1. The molecule has 3 atom stereocenters. The van der Waals surface area contributed by atoms with Crippen LogP contribution in [-0.4, -0.2) is 69.0 Å². The second-order valence-electron chi connectivity index (χ2n) is 17.7. The number of hydrogen-bond donors (Lipinski definition) is 2. The maximum atomic E-state index is 15.5. The highest BCUT2D eigenvalue weighted by Crippen LogP contribution is 2.68. The number of pyridine rings is 1. The quantitative estimate of drug-likeness (QED) is 0.0830. The third kappa shape index (κ3) is 8.73. The van der Waals surface area contributed by atoms with E-state index in [1.165, 1.54) is 38.1 Å². The number of anilines is 1. The smallest absolute Gasteiger partial charge is 0.346 e. The number of alkyl halides is 7. The molecule has 1 unspecified atom stereocenters. The van der Waals surface area contributed by atoms with E-state index in [0.717, 1.165) is 16.8 Å². The van der Waals surface area contributed by atoms with Gasteiger partial charge in [0.1, 0.15) is 40.9 Å². The van der Waals surface area contributed by atoms with Crippen LogP contribution in [0.4, 0.5) is 45.3 Å². The number of nitrogens with zero attached hydrogens (tertiary/aromatic N) is 5. The van der Waals surface area contributed by atoms with E-state index in [2.05, 4.69) is 37.1 Å². The minimum absolute atomic E-state index is 0.0219. The lowest BCUT2D eigenvalue weighted by Gasteiger charge is -2.23. The number of amides is 1. The van der Waals surface area contributed by atoms with Crippen molar-refractivity contribution in [2.75, 3.05) is 4.72 Å². The van der Waals surface area contributed by atoms with E-state index in [1.54, 1.807) is 0 Å². The SMILES string of the molecule is CC(C)(C#Cc1ccc(-c2ccc(Cl)c3c(NS(=O)(=O)C4CC4)nn(CC(F)F)c23)c([C@H](Cc2cc(F)cc(F)c2)NC(=O)Cn2nc(C(F)(F)F)c3c2C(F)(F)C2C[C@H]32)n1)S(=O)(=O)C1CC1. The zero-order chi connectivity index (χ0) is 48.3. The minimum atomic E-state index is -5.16. The number of aromatic nitrogens is 5. The van der Waals surface area contributed by atoms with Gasteiger partial charge in [0.05, 0.1) is 38.2 Å². The van der Waals surface area contributed by atoms with Crippen LogP contribution in [0.15, 0.2) is 42.5 Å². The molecule has 67 heavy (non-hydrogen) atoms. The van der Waals surface area contributed by atoms with E-state index < -0.39 is 131 Å². The van der Waals surface area contributed by atoms with Crippen molar-refractivity contribution in [3.8, 4) is 23.0 Å². The first-order valence-corrected chi connectivity index (χ1v) is 24.3. The first kappa shape index (κ1) is 46.8. The van der Waals surface area contributed by atoms with Gasteiger partial charge in [-0.3, -0.25) is 18.9 Å². The molecule has 0 bridgehead atoms. The number of carbonyl (C=O) groups is 1. The predicted molar refractivity (Wildman–Crippen MR) is 225 cm³/mol. The summed E-state index contributed by atoms with van der Waals surface area (Å²) in [6, 6.07) is 6.03.